The summed E-state index contributed by atoms with van der Waals surface area (Å²) in [5.74, 6) is -0.627. The van der Waals surface area contributed by atoms with Crippen LogP contribution < -0.4 is 5.32 Å². The van der Waals surface area contributed by atoms with Crippen molar-refractivity contribution in [3.8, 4) is 0 Å². The average molecular weight is 375 g/mol. The van der Waals surface area contributed by atoms with Gasteiger partial charge in [0.15, 0.2) is 0 Å². The average Bonchev–Trinajstić information content (AvgIpc) is 2.67. The first kappa shape index (κ1) is 19.9. The molecule has 5 nitrogen and oxygen atoms in total. The Balaban J connectivity index is 1.92. The van der Waals surface area contributed by atoms with Crippen molar-refractivity contribution in [2.75, 3.05) is 25.5 Å². The topological polar surface area (TPSA) is 58.6 Å². The van der Waals surface area contributed by atoms with Crippen LogP contribution in [0, 0.1) is 0 Å². The van der Waals surface area contributed by atoms with Crippen LogP contribution in [0.1, 0.15) is 29.3 Å². The molecule has 138 valence electrons. The third kappa shape index (κ3) is 5.86. The molecule has 2 rings (SSSR count). The lowest BCUT2D eigenvalue weighted by Gasteiger charge is -2.20. The fourth-order valence-corrected chi connectivity index (χ4v) is 2.69. The second kappa shape index (κ2) is 9.94. The zero-order chi connectivity index (χ0) is 18.9. The Bertz CT molecular complexity index is 750. The summed E-state index contributed by atoms with van der Waals surface area (Å²) in [5, 5.41) is 3.15. The molecule has 1 amide bonds. The minimum atomic E-state index is -0.475. The molecule has 6 heteroatoms. The van der Waals surface area contributed by atoms with Gasteiger partial charge in [0.05, 0.1) is 23.4 Å². The number of ether oxygens (including phenoxy) is 1. The minimum absolute atomic E-state index is 0.152. The Labute approximate surface area is 158 Å². The van der Waals surface area contributed by atoms with Crippen molar-refractivity contribution in [1.82, 2.24) is 4.90 Å². The molecule has 0 aliphatic heterocycles. The normalized spacial score (nSPS) is 10.6. The molecule has 0 aliphatic carbocycles. The van der Waals surface area contributed by atoms with Crippen LogP contribution in [0.2, 0.25) is 5.02 Å². The first-order chi connectivity index (χ1) is 12.5. The molecular weight excluding hydrogens is 352 g/mol. The highest BCUT2D eigenvalue weighted by atomic mass is 35.5. The van der Waals surface area contributed by atoms with Crippen LogP contribution in [0.15, 0.2) is 48.5 Å². The van der Waals surface area contributed by atoms with Gasteiger partial charge in [-0.2, -0.15) is 0 Å². The van der Waals surface area contributed by atoms with E-state index in [1.807, 2.05) is 18.2 Å². The highest BCUT2D eigenvalue weighted by molar-refractivity contribution is 6.33. The second-order valence-electron chi connectivity index (χ2n) is 5.84. The Morgan fingerprint density at radius 3 is 2.54 bits per heavy atom. The van der Waals surface area contributed by atoms with Gasteiger partial charge in [0, 0.05) is 19.5 Å². The Kier molecular flexibility index (Phi) is 7.63. The highest BCUT2D eigenvalue weighted by Crippen LogP contribution is 2.23. The molecule has 0 heterocycles. The molecule has 2 aromatic carbocycles. The van der Waals surface area contributed by atoms with Gasteiger partial charge in [-0.25, -0.2) is 4.79 Å². The molecule has 1 N–H and O–H groups in total. The molecule has 0 spiro atoms. The number of nitrogens with one attached hydrogen (secondary N) is 1. The maximum Gasteiger partial charge on any atom is 0.337 e. The summed E-state index contributed by atoms with van der Waals surface area (Å²) in [4.78, 5) is 26.1. The van der Waals surface area contributed by atoms with Crippen molar-refractivity contribution in [1.29, 1.82) is 0 Å². The summed E-state index contributed by atoms with van der Waals surface area (Å²) in [7, 11) is 1.31. The van der Waals surface area contributed by atoms with Gasteiger partial charge in [0.1, 0.15) is 0 Å². The quantitative estimate of drug-likeness (QED) is 0.710. The molecule has 0 atom stereocenters. The predicted molar refractivity (Wildman–Crippen MR) is 103 cm³/mol. The van der Waals surface area contributed by atoms with Crippen LogP contribution in [0.25, 0.3) is 0 Å². The number of hydrogen-bond acceptors (Lipinski definition) is 4. The Morgan fingerprint density at radius 1 is 1.15 bits per heavy atom. The summed E-state index contributed by atoms with van der Waals surface area (Å²) in [6, 6.07) is 14.8. The fourth-order valence-electron chi connectivity index (χ4n) is 2.53. The van der Waals surface area contributed by atoms with Crippen molar-refractivity contribution in [3.05, 3.63) is 64.7 Å². The summed E-state index contributed by atoms with van der Waals surface area (Å²) < 4.78 is 4.68. The second-order valence-corrected chi connectivity index (χ2v) is 6.25. The van der Waals surface area contributed by atoms with E-state index in [1.165, 1.54) is 18.7 Å². The minimum Gasteiger partial charge on any atom is -0.465 e. The number of hydrogen-bond donors (Lipinski definition) is 1. The number of methoxy groups -OCH3 is 1. The maximum absolute atomic E-state index is 12.3. The molecule has 0 saturated carbocycles. The van der Waals surface area contributed by atoms with E-state index >= 15 is 0 Å². The van der Waals surface area contributed by atoms with E-state index in [2.05, 4.69) is 34.0 Å². The molecular formula is C20H23ClN2O3. The van der Waals surface area contributed by atoms with Crippen molar-refractivity contribution in [3.63, 3.8) is 0 Å². The summed E-state index contributed by atoms with van der Waals surface area (Å²) in [5.41, 5.74) is 1.96. The van der Waals surface area contributed by atoms with Gasteiger partial charge in [0.25, 0.3) is 0 Å². The molecule has 0 aromatic heterocycles. The molecule has 0 aliphatic rings. The number of carbonyl (C=O) groups is 2. The number of benzene rings is 2. The number of rotatable bonds is 8. The number of esters is 1. The molecule has 0 radical (unpaired) electrons. The van der Waals surface area contributed by atoms with E-state index in [0.29, 0.717) is 29.2 Å². The zero-order valence-corrected chi connectivity index (χ0v) is 15.8. The lowest BCUT2D eigenvalue weighted by Crippen LogP contribution is -2.27. The molecule has 26 heavy (non-hydrogen) atoms. The third-order valence-corrected chi connectivity index (χ3v) is 4.34. The number of anilines is 1. The van der Waals surface area contributed by atoms with Crippen molar-refractivity contribution in [2.45, 2.75) is 19.9 Å². The summed E-state index contributed by atoms with van der Waals surface area (Å²) >= 11 is 6.11. The van der Waals surface area contributed by atoms with E-state index in [4.69, 9.17) is 11.6 Å². The largest absolute Gasteiger partial charge is 0.465 e. The number of nitrogens with zero attached hydrogens (tertiary/aromatic N) is 1. The first-order valence-corrected chi connectivity index (χ1v) is 8.85. The van der Waals surface area contributed by atoms with Crippen LogP contribution in [0.3, 0.4) is 0 Å². The Hall–Kier alpha value is -2.37. The summed E-state index contributed by atoms with van der Waals surface area (Å²) in [6.07, 6.45) is 0.333. The van der Waals surface area contributed by atoms with Crippen LogP contribution in [-0.2, 0) is 16.1 Å². The molecule has 0 unspecified atom stereocenters. The van der Waals surface area contributed by atoms with E-state index in [0.717, 1.165) is 13.1 Å². The molecule has 2 aromatic rings. The van der Waals surface area contributed by atoms with Gasteiger partial charge in [0.2, 0.25) is 5.91 Å². The smallest absolute Gasteiger partial charge is 0.337 e. The van der Waals surface area contributed by atoms with Crippen molar-refractivity contribution < 1.29 is 14.3 Å². The molecule has 0 bridgehead atoms. The zero-order valence-electron chi connectivity index (χ0n) is 15.0. The van der Waals surface area contributed by atoms with Crippen LogP contribution >= 0.6 is 11.6 Å². The number of carbonyl (C=O) groups excluding carboxylic acids is 2. The van der Waals surface area contributed by atoms with Gasteiger partial charge in [-0.1, -0.05) is 48.9 Å². The van der Waals surface area contributed by atoms with Gasteiger partial charge in [-0.3, -0.25) is 9.69 Å². The predicted octanol–water partition coefficient (Wildman–Crippen LogP) is 3.98. The van der Waals surface area contributed by atoms with Gasteiger partial charge in [-0.05, 0) is 30.3 Å². The van der Waals surface area contributed by atoms with Crippen LogP contribution in [0.5, 0.6) is 0 Å². The highest BCUT2D eigenvalue weighted by Gasteiger charge is 2.12. The fraction of sp³-hybridized carbons (Fsp3) is 0.300. The van der Waals surface area contributed by atoms with E-state index in [1.54, 1.807) is 12.1 Å². The van der Waals surface area contributed by atoms with Gasteiger partial charge >= 0.3 is 5.97 Å². The van der Waals surface area contributed by atoms with Crippen LogP contribution in [0.4, 0.5) is 5.69 Å². The number of amides is 1. The molecule has 0 saturated heterocycles. The maximum atomic E-state index is 12.3. The molecule has 0 fully saturated rings. The summed E-state index contributed by atoms with van der Waals surface area (Å²) in [6.45, 7) is 4.34. The van der Waals surface area contributed by atoms with Gasteiger partial charge in [-0.15, -0.1) is 0 Å². The van der Waals surface area contributed by atoms with E-state index in [-0.39, 0.29) is 5.91 Å². The Morgan fingerprint density at radius 2 is 1.88 bits per heavy atom. The van der Waals surface area contributed by atoms with Crippen molar-refractivity contribution >= 4 is 29.2 Å². The first-order valence-electron chi connectivity index (χ1n) is 8.47. The van der Waals surface area contributed by atoms with E-state index < -0.39 is 5.97 Å². The van der Waals surface area contributed by atoms with Crippen LogP contribution in [-0.4, -0.2) is 37.0 Å². The van der Waals surface area contributed by atoms with Gasteiger partial charge < -0.3 is 10.1 Å². The monoisotopic (exact) mass is 374 g/mol. The number of halogens is 1. The third-order valence-electron chi connectivity index (χ3n) is 4.01. The lowest BCUT2D eigenvalue weighted by atomic mass is 10.2. The van der Waals surface area contributed by atoms with Crippen molar-refractivity contribution in [2.24, 2.45) is 0 Å². The standard InChI is InChI=1S/C20H23ClN2O3/c1-3-23(14-15-7-5-4-6-8-15)12-11-19(24)22-18-13-16(20(25)26-2)9-10-17(18)21/h4-10,13H,3,11-12,14H2,1-2H3,(H,22,24). The van der Waals surface area contributed by atoms with E-state index in [9.17, 15) is 9.59 Å². The SMILES string of the molecule is CCN(CCC(=O)Nc1cc(C(=O)OC)ccc1Cl)Cc1ccccc1. The lowest BCUT2D eigenvalue weighted by molar-refractivity contribution is -0.116.